The van der Waals surface area contributed by atoms with Crippen LogP contribution in [0.25, 0.3) is 0 Å². The summed E-state index contributed by atoms with van der Waals surface area (Å²) >= 11 is 4.85. The zero-order chi connectivity index (χ0) is 15.8. The van der Waals surface area contributed by atoms with Crippen LogP contribution in [0.4, 0.5) is 13.2 Å². The standard InChI is InChI=1S/C12H21F3N2OS2/c1-3-5-11(6-4-2,9(16)19)10(18)17-7-8-20-12(13,14)15/h3-8H2,1-2H3,(H2,16,19)(H,17,18). The van der Waals surface area contributed by atoms with Crippen molar-refractivity contribution in [3.8, 4) is 0 Å². The zero-order valence-electron chi connectivity index (χ0n) is 11.7. The van der Waals surface area contributed by atoms with Crippen molar-refractivity contribution in [3.63, 3.8) is 0 Å². The van der Waals surface area contributed by atoms with Crippen molar-refractivity contribution < 1.29 is 18.0 Å². The summed E-state index contributed by atoms with van der Waals surface area (Å²) in [6.07, 6.45) is 2.47. The van der Waals surface area contributed by atoms with E-state index in [1.54, 1.807) is 0 Å². The molecule has 0 radical (unpaired) electrons. The fourth-order valence-corrected chi connectivity index (χ4v) is 2.80. The van der Waals surface area contributed by atoms with Crippen LogP contribution < -0.4 is 11.1 Å². The third kappa shape index (κ3) is 6.30. The molecule has 0 aromatic rings. The van der Waals surface area contributed by atoms with Gasteiger partial charge in [0.2, 0.25) is 5.91 Å². The number of carbonyl (C=O) groups excluding carboxylic acids is 1. The van der Waals surface area contributed by atoms with Crippen LogP contribution in [0, 0.1) is 5.41 Å². The van der Waals surface area contributed by atoms with Crippen molar-refractivity contribution in [1.82, 2.24) is 5.32 Å². The summed E-state index contributed by atoms with van der Waals surface area (Å²) in [5.41, 5.74) is 0.481. The normalized spacial score (nSPS) is 12.2. The number of amides is 1. The smallest absolute Gasteiger partial charge is 0.392 e. The van der Waals surface area contributed by atoms with Gasteiger partial charge < -0.3 is 11.1 Å². The number of nitrogens with one attached hydrogen (secondary N) is 1. The minimum absolute atomic E-state index is 0.0548. The summed E-state index contributed by atoms with van der Waals surface area (Å²) < 4.78 is 36.0. The maximum absolute atomic E-state index is 12.2. The van der Waals surface area contributed by atoms with Gasteiger partial charge in [0.15, 0.2) is 0 Å². The molecule has 3 nitrogen and oxygen atoms in total. The lowest BCUT2D eigenvalue weighted by atomic mass is 9.78. The van der Waals surface area contributed by atoms with Gasteiger partial charge in [-0.3, -0.25) is 4.79 Å². The summed E-state index contributed by atoms with van der Waals surface area (Å²) in [6, 6.07) is 0. The fourth-order valence-electron chi connectivity index (χ4n) is 2.06. The molecule has 118 valence electrons. The Labute approximate surface area is 127 Å². The average Bonchev–Trinajstić information content (AvgIpc) is 2.32. The molecule has 0 spiro atoms. The quantitative estimate of drug-likeness (QED) is 0.503. The van der Waals surface area contributed by atoms with E-state index in [-0.39, 0.29) is 35.0 Å². The molecule has 0 saturated carbocycles. The van der Waals surface area contributed by atoms with Crippen molar-refractivity contribution >= 4 is 34.9 Å². The van der Waals surface area contributed by atoms with E-state index < -0.39 is 10.9 Å². The first-order chi connectivity index (χ1) is 9.19. The summed E-state index contributed by atoms with van der Waals surface area (Å²) in [5, 5.41) is 2.52. The molecule has 3 N–H and O–H groups in total. The predicted molar refractivity (Wildman–Crippen MR) is 80.6 cm³/mol. The average molecular weight is 330 g/mol. The molecular formula is C12H21F3N2OS2. The molecule has 0 aliphatic rings. The van der Waals surface area contributed by atoms with Gasteiger partial charge in [-0.2, -0.15) is 13.2 Å². The fraction of sp³-hybridized carbons (Fsp3) is 0.833. The number of hydrogen-bond donors (Lipinski definition) is 2. The number of thiocarbonyl (C=S) groups is 1. The Morgan fingerprint density at radius 1 is 1.25 bits per heavy atom. The number of hydrogen-bond acceptors (Lipinski definition) is 3. The topological polar surface area (TPSA) is 55.1 Å². The molecule has 0 rings (SSSR count). The number of carbonyl (C=O) groups is 1. The van der Waals surface area contributed by atoms with E-state index in [1.807, 2.05) is 13.8 Å². The first kappa shape index (κ1) is 19.5. The molecule has 0 fully saturated rings. The van der Waals surface area contributed by atoms with E-state index >= 15 is 0 Å². The SMILES string of the molecule is CCCC(CCC)(C(=O)NCCSC(F)(F)F)C(N)=S. The van der Waals surface area contributed by atoms with Crippen LogP contribution in [0.2, 0.25) is 0 Å². The van der Waals surface area contributed by atoms with Crippen molar-refractivity contribution in [3.05, 3.63) is 0 Å². The largest absolute Gasteiger partial charge is 0.441 e. The molecule has 1 amide bonds. The van der Waals surface area contributed by atoms with Crippen LogP contribution in [0.1, 0.15) is 39.5 Å². The highest BCUT2D eigenvalue weighted by Crippen LogP contribution is 2.32. The number of halogens is 3. The zero-order valence-corrected chi connectivity index (χ0v) is 13.3. The Bertz CT molecular complexity index is 329. The second-order valence-corrected chi connectivity index (χ2v) is 6.10. The predicted octanol–water partition coefficient (Wildman–Crippen LogP) is 3.23. The third-order valence-electron chi connectivity index (χ3n) is 2.91. The van der Waals surface area contributed by atoms with E-state index in [2.05, 4.69) is 5.32 Å². The minimum atomic E-state index is -4.28. The van der Waals surface area contributed by atoms with Gasteiger partial charge in [0, 0.05) is 12.3 Å². The lowest BCUT2D eigenvalue weighted by molar-refractivity contribution is -0.128. The van der Waals surface area contributed by atoms with E-state index in [9.17, 15) is 18.0 Å². The molecule has 0 aliphatic carbocycles. The highest BCUT2D eigenvalue weighted by atomic mass is 32.2. The van der Waals surface area contributed by atoms with Crippen LogP contribution in [0.15, 0.2) is 0 Å². The lowest BCUT2D eigenvalue weighted by Crippen LogP contribution is -2.49. The van der Waals surface area contributed by atoms with Gasteiger partial charge in [-0.05, 0) is 24.6 Å². The Hall–Kier alpha value is -0.500. The van der Waals surface area contributed by atoms with Crippen LogP contribution in [0.5, 0.6) is 0 Å². The van der Waals surface area contributed by atoms with Crippen LogP contribution in [0.3, 0.4) is 0 Å². The molecular weight excluding hydrogens is 309 g/mol. The van der Waals surface area contributed by atoms with Gasteiger partial charge in [0.05, 0.1) is 10.4 Å². The van der Waals surface area contributed by atoms with Crippen molar-refractivity contribution in [2.45, 2.75) is 45.0 Å². The first-order valence-electron chi connectivity index (χ1n) is 6.48. The second kappa shape index (κ2) is 8.71. The van der Waals surface area contributed by atoms with Crippen LogP contribution >= 0.6 is 24.0 Å². The minimum Gasteiger partial charge on any atom is -0.392 e. The molecule has 8 heteroatoms. The Balaban J connectivity index is 4.60. The summed E-state index contributed by atoms with van der Waals surface area (Å²) in [5.74, 6) is -0.586. The number of alkyl halides is 3. The van der Waals surface area contributed by atoms with Crippen LogP contribution in [-0.4, -0.2) is 28.7 Å². The maximum atomic E-state index is 12.2. The Kier molecular flexibility index (Phi) is 8.50. The maximum Gasteiger partial charge on any atom is 0.441 e. The summed E-state index contributed by atoms with van der Waals surface area (Å²) in [7, 11) is 0. The lowest BCUT2D eigenvalue weighted by Gasteiger charge is -2.31. The van der Waals surface area contributed by atoms with Gasteiger partial charge in [-0.25, -0.2) is 0 Å². The number of rotatable bonds is 9. The molecule has 0 aliphatic heterocycles. The van der Waals surface area contributed by atoms with E-state index in [0.29, 0.717) is 12.8 Å². The van der Waals surface area contributed by atoms with Gasteiger partial charge >= 0.3 is 5.51 Å². The van der Waals surface area contributed by atoms with E-state index in [4.69, 9.17) is 18.0 Å². The molecule has 0 aromatic heterocycles. The highest BCUT2D eigenvalue weighted by Gasteiger charge is 2.39. The monoisotopic (exact) mass is 330 g/mol. The van der Waals surface area contributed by atoms with Crippen molar-refractivity contribution in [1.29, 1.82) is 0 Å². The first-order valence-corrected chi connectivity index (χ1v) is 7.88. The number of thioether (sulfide) groups is 1. The van der Waals surface area contributed by atoms with Gasteiger partial charge in [0.1, 0.15) is 0 Å². The third-order valence-corrected chi connectivity index (χ3v) is 4.04. The molecule has 0 heterocycles. The molecule has 0 saturated heterocycles. The highest BCUT2D eigenvalue weighted by molar-refractivity contribution is 8.00. The molecule has 20 heavy (non-hydrogen) atoms. The molecule has 0 aromatic carbocycles. The van der Waals surface area contributed by atoms with Gasteiger partial charge in [-0.1, -0.05) is 38.9 Å². The van der Waals surface area contributed by atoms with E-state index in [1.165, 1.54) is 0 Å². The Morgan fingerprint density at radius 3 is 2.10 bits per heavy atom. The van der Waals surface area contributed by atoms with E-state index in [0.717, 1.165) is 12.8 Å². The van der Waals surface area contributed by atoms with Gasteiger partial charge in [0.25, 0.3) is 0 Å². The molecule has 0 unspecified atom stereocenters. The Morgan fingerprint density at radius 2 is 1.75 bits per heavy atom. The number of nitrogens with two attached hydrogens (primary N) is 1. The van der Waals surface area contributed by atoms with Crippen molar-refractivity contribution in [2.24, 2.45) is 11.1 Å². The summed E-state index contributed by atoms with van der Waals surface area (Å²) in [6.45, 7) is 3.77. The summed E-state index contributed by atoms with van der Waals surface area (Å²) in [4.78, 5) is 12.4. The van der Waals surface area contributed by atoms with Gasteiger partial charge in [-0.15, -0.1) is 0 Å². The van der Waals surface area contributed by atoms with Crippen LogP contribution in [-0.2, 0) is 4.79 Å². The van der Waals surface area contributed by atoms with Crippen molar-refractivity contribution in [2.75, 3.05) is 12.3 Å². The molecule has 0 atom stereocenters. The molecule has 0 bridgehead atoms. The second-order valence-electron chi connectivity index (χ2n) is 4.50.